The van der Waals surface area contributed by atoms with Gasteiger partial charge in [0.1, 0.15) is 8.07 Å². The molecule has 0 aromatic heterocycles. The number of imide groups is 2. The fourth-order valence-corrected chi connectivity index (χ4v) is 7.97. The van der Waals surface area contributed by atoms with Crippen molar-refractivity contribution in [2.45, 2.75) is 13.1 Å². The molecule has 8 nitrogen and oxygen atoms in total. The Bertz CT molecular complexity index is 1800. The Morgan fingerprint density at radius 1 is 0.512 bits per heavy atom. The third kappa shape index (κ3) is 4.53. The van der Waals surface area contributed by atoms with E-state index in [1.807, 2.05) is 12.1 Å². The van der Waals surface area contributed by atoms with Gasteiger partial charge in [0.05, 0.1) is 33.6 Å². The van der Waals surface area contributed by atoms with Crippen LogP contribution in [0, 0.1) is 0 Å². The molecular formula is C32H20Cl2N2O6Si. The van der Waals surface area contributed by atoms with Gasteiger partial charge < -0.3 is 0 Å². The van der Waals surface area contributed by atoms with Crippen molar-refractivity contribution in [2.24, 2.45) is 0 Å². The summed E-state index contributed by atoms with van der Waals surface area (Å²) in [6.07, 6.45) is 0. The summed E-state index contributed by atoms with van der Waals surface area (Å²) in [5.41, 5.74) is 2.19. The first-order valence-corrected chi connectivity index (χ1v) is 16.8. The molecule has 2 heterocycles. The molecule has 0 atom stereocenters. The molecule has 43 heavy (non-hydrogen) atoms. The van der Waals surface area contributed by atoms with Crippen LogP contribution < -0.4 is 20.2 Å². The molecule has 0 unspecified atom stereocenters. The van der Waals surface area contributed by atoms with Crippen LogP contribution in [0.2, 0.25) is 13.1 Å². The van der Waals surface area contributed by atoms with Gasteiger partial charge in [-0.1, -0.05) is 35.6 Å². The van der Waals surface area contributed by atoms with Crippen molar-refractivity contribution < 1.29 is 28.8 Å². The third-order valence-corrected chi connectivity index (χ3v) is 11.9. The predicted octanol–water partition coefficient (Wildman–Crippen LogP) is 4.87. The molecule has 212 valence electrons. The second kappa shape index (κ2) is 10.2. The highest BCUT2D eigenvalue weighted by atomic mass is 35.5. The zero-order valence-electron chi connectivity index (χ0n) is 22.7. The lowest BCUT2D eigenvalue weighted by Crippen LogP contribution is -2.53. The van der Waals surface area contributed by atoms with Crippen molar-refractivity contribution in [1.29, 1.82) is 0 Å². The third-order valence-electron chi connectivity index (χ3n) is 7.92. The number of carbonyl (C=O) groups is 6. The second-order valence-corrected chi connectivity index (χ2v) is 15.8. The number of carbonyl (C=O) groups excluding carboxylic acids is 6. The molecule has 0 saturated carbocycles. The number of hydrogen-bond donors (Lipinski definition) is 0. The first-order chi connectivity index (χ1) is 20.4. The van der Waals surface area contributed by atoms with Crippen molar-refractivity contribution in [2.75, 3.05) is 9.80 Å². The zero-order valence-corrected chi connectivity index (χ0v) is 25.2. The summed E-state index contributed by atoms with van der Waals surface area (Å²) in [5, 5.41) is 0.420. The molecule has 0 aliphatic carbocycles. The number of nitrogens with zero attached hydrogens (tertiary/aromatic N) is 2. The van der Waals surface area contributed by atoms with Crippen LogP contribution in [-0.2, 0) is 0 Å². The van der Waals surface area contributed by atoms with E-state index >= 15 is 0 Å². The number of fused-ring (bicyclic) bond motifs is 2. The molecule has 2 aliphatic heterocycles. The highest BCUT2D eigenvalue weighted by molar-refractivity contribution is 7.00. The maximum absolute atomic E-state index is 13.4. The molecular weight excluding hydrogens is 607 g/mol. The monoisotopic (exact) mass is 626 g/mol. The highest BCUT2D eigenvalue weighted by Crippen LogP contribution is 2.31. The molecule has 0 fully saturated rings. The van der Waals surface area contributed by atoms with Gasteiger partial charge in [-0.2, -0.15) is 0 Å². The van der Waals surface area contributed by atoms with E-state index in [2.05, 4.69) is 13.1 Å². The van der Waals surface area contributed by atoms with Crippen molar-refractivity contribution in [3.05, 3.63) is 118 Å². The van der Waals surface area contributed by atoms with Gasteiger partial charge in [0, 0.05) is 11.1 Å². The Morgan fingerprint density at radius 2 is 0.837 bits per heavy atom. The van der Waals surface area contributed by atoms with Crippen LogP contribution in [-0.4, -0.2) is 42.2 Å². The molecule has 6 rings (SSSR count). The fraction of sp³-hybridized carbons (Fsp3) is 0.0625. The van der Waals surface area contributed by atoms with E-state index in [-0.39, 0.29) is 33.4 Å². The highest BCUT2D eigenvalue weighted by Gasteiger charge is 2.41. The van der Waals surface area contributed by atoms with Crippen LogP contribution in [0.1, 0.15) is 62.1 Å². The predicted molar refractivity (Wildman–Crippen MR) is 165 cm³/mol. The summed E-state index contributed by atoms with van der Waals surface area (Å²) >= 11 is 11.0. The largest absolute Gasteiger partial charge is 0.276 e. The number of anilines is 2. The number of amides is 4. The van der Waals surface area contributed by atoms with E-state index in [9.17, 15) is 28.8 Å². The smallest absolute Gasteiger partial charge is 0.266 e. The Morgan fingerprint density at radius 3 is 1.16 bits per heavy atom. The first kappa shape index (κ1) is 28.4. The summed E-state index contributed by atoms with van der Waals surface area (Å²) in [7, 11) is -2.56. The van der Waals surface area contributed by atoms with Gasteiger partial charge in [-0.15, -0.1) is 0 Å². The molecule has 2 aliphatic rings. The summed E-state index contributed by atoms with van der Waals surface area (Å²) in [6.45, 7) is 4.11. The first-order valence-electron chi connectivity index (χ1n) is 13.1. The van der Waals surface area contributed by atoms with Crippen molar-refractivity contribution in [1.82, 2.24) is 0 Å². The summed E-state index contributed by atoms with van der Waals surface area (Å²) in [4.78, 5) is 78.1. The van der Waals surface area contributed by atoms with Crippen LogP contribution in [0.4, 0.5) is 11.4 Å². The van der Waals surface area contributed by atoms with Crippen LogP contribution in [0.3, 0.4) is 0 Å². The Hall–Kier alpha value is -4.70. The lowest BCUT2D eigenvalue weighted by atomic mass is 10.1. The SMILES string of the molecule is C[Si](C)(c1ccc2c(c1)C(=O)N(c1ccc(C(=O)Cl)cc1)C2=O)c1ccc2c(c1)C(=O)N(c1ccc(C(=O)Cl)cc1)C2=O. The van der Waals surface area contributed by atoms with E-state index in [0.717, 1.165) is 20.2 Å². The molecule has 0 bridgehead atoms. The number of hydrogen-bond acceptors (Lipinski definition) is 6. The summed E-state index contributed by atoms with van der Waals surface area (Å²) in [6, 6.07) is 22.1. The van der Waals surface area contributed by atoms with Gasteiger partial charge in [-0.3, -0.25) is 28.8 Å². The van der Waals surface area contributed by atoms with Crippen LogP contribution in [0.15, 0.2) is 84.9 Å². The molecule has 4 aromatic rings. The summed E-state index contributed by atoms with van der Waals surface area (Å²) < 4.78 is 0. The molecule has 0 radical (unpaired) electrons. The minimum absolute atomic E-state index is 0.246. The molecule has 0 saturated heterocycles. The second-order valence-electron chi connectivity index (χ2n) is 10.7. The molecule has 11 heteroatoms. The average Bonchev–Trinajstić information content (AvgIpc) is 3.40. The number of benzene rings is 4. The topological polar surface area (TPSA) is 109 Å². The minimum Gasteiger partial charge on any atom is -0.276 e. The number of rotatable bonds is 6. The van der Waals surface area contributed by atoms with E-state index < -0.39 is 42.2 Å². The maximum atomic E-state index is 13.4. The summed E-state index contributed by atoms with van der Waals surface area (Å²) in [5.74, 6) is -1.91. The van der Waals surface area contributed by atoms with Crippen molar-refractivity contribution >= 4 is 87.1 Å². The van der Waals surface area contributed by atoms with Gasteiger partial charge in [-0.25, -0.2) is 9.80 Å². The van der Waals surface area contributed by atoms with Gasteiger partial charge >= 0.3 is 0 Å². The van der Waals surface area contributed by atoms with Crippen molar-refractivity contribution in [3.63, 3.8) is 0 Å². The van der Waals surface area contributed by atoms with Crippen LogP contribution in [0.25, 0.3) is 0 Å². The van der Waals surface area contributed by atoms with Crippen molar-refractivity contribution in [3.8, 4) is 0 Å². The molecule has 4 aromatic carbocycles. The van der Waals surface area contributed by atoms with Crippen LogP contribution in [0.5, 0.6) is 0 Å². The molecule has 0 spiro atoms. The van der Waals surface area contributed by atoms with Gasteiger partial charge in [0.15, 0.2) is 0 Å². The Balaban J connectivity index is 1.31. The standard InChI is InChI=1S/C32H20Cl2N2O6Si/c1-43(2,21-11-13-23-25(15-21)31(41)35(29(23)39)19-7-3-17(4-8-19)27(33)37)22-12-14-24-26(16-22)32(42)36(30(24)40)20-9-5-18(6-10-20)28(34)38/h3-16H,1-2H3. The average molecular weight is 628 g/mol. The quantitative estimate of drug-likeness (QED) is 0.172. The van der Waals surface area contributed by atoms with E-state index in [1.54, 1.807) is 24.3 Å². The Kier molecular flexibility index (Phi) is 6.76. The van der Waals surface area contributed by atoms with Crippen LogP contribution >= 0.6 is 23.2 Å². The van der Waals surface area contributed by atoms with E-state index in [4.69, 9.17) is 23.2 Å². The molecule has 0 N–H and O–H groups in total. The molecule has 4 amide bonds. The zero-order chi connectivity index (χ0) is 30.8. The van der Waals surface area contributed by atoms with Gasteiger partial charge in [-0.05, 0) is 96.0 Å². The lowest BCUT2D eigenvalue weighted by Gasteiger charge is -2.24. The van der Waals surface area contributed by atoms with Gasteiger partial charge in [0.25, 0.3) is 34.1 Å². The fourth-order valence-electron chi connectivity index (χ4n) is 5.38. The van der Waals surface area contributed by atoms with E-state index in [0.29, 0.717) is 11.4 Å². The Labute approximate surface area is 256 Å². The normalized spacial score (nSPS) is 14.3. The van der Waals surface area contributed by atoms with Gasteiger partial charge in [0.2, 0.25) is 0 Å². The minimum atomic E-state index is -2.56. The van der Waals surface area contributed by atoms with E-state index in [1.165, 1.54) is 48.5 Å². The maximum Gasteiger partial charge on any atom is 0.266 e. The number of halogens is 2. The lowest BCUT2D eigenvalue weighted by molar-refractivity contribution is 0.0910.